The predicted octanol–water partition coefficient (Wildman–Crippen LogP) is 7.12. The number of alkyl carbamates (subject to hydrolysis) is 2. The van der Waals surface area contributed by atoms with Gasteiger partial charge in [-0.3, -0.25) is 9.59 Å². The maximum atomic E-state index is 13.7. The number of benzene rings is 3. The van der Waals surface area contributed by atoms with Gasteiger partial charge in [0.05, 0.1) is 48.4 Å². The molecule has 5 aromatic rings. The minimum Gasteiger partial charge on any atom is -0.453 e. The first kappa shape index (κ1) is 47.0. The number of carbonyl (C=O) groups is 4. The number of fused-ring (bicyclic) bond motifs is 10. The maximum Gasteiger partial charge on any atom is 0.407 e. The Morgan fingerprint density at radius 3 is 1.84 bits per heavy atom. The first-order valence-corrected chi connectivity index (χ1v) is 23.7. The van der Waals surface area contributed by atoms with Gasteiger partial charge in [0.1, 0.15) is 23.7 Å². The van der Waals surface area contributed by atoms with Crippen molar-refractivity contribution in [3.8, 4) is 11.1 Å². The van der Waals surface area contributed by atoms with Crippen LogP contribution in [-0.4, -0.2) is 106 Å². The summed E-state index contributed by atoms with van der Waals surface area (Å²) in [5.41, 5.74) is 23.7. The number of aromatic nitrogens is 4. The lowest BCUT2D eigenvalue weighted by molar-refractivity contribution is -0.135. The van der Waals surface area contributed by atoms with Crippen LogP contribution in [0.25, 0.3) is 38.8 Å². The number of carbonyl (C=O) groups excluding carboxylic acids is 4. The van der Waals surface area contributed by atoms with E-state index in [4.69, 9.17) is 30.9 Å². The van der Waals surface area contributed by atoms with Gasteiger partial charge in [-0.15, -0.1) is 0 Å². The Bertz CT molecular complexity index is 2690. The van der Waals surface area contributed by atoms with E-state index in [-0.39, 0.29) is 42.9 Å². The number of aromatic amines is 2. The number of allylic oxidation sites excluding steroid dienone is 4. The molecule has 0 unspecified atom stereocenters. The van der Waals surface area contributed by atoms with Crippen molar-refractivity contribution in [3.05, 3.63) is 101 Å². The molecule has 9 rings (SSSR count). The second-order valence-corrected chi connectivity index (χ2v) is 18.0. The molecule has 16 heteroatoms. The Labute approximate surface area is 391 Å². The number of nitrogens with two attached hydrogens (primary N) is 2. The maximum absolute atomic E-state index is 13.7. The molecule has 3 aromatic carbocycles. The van der Waals surface area contributed by atoms with E-state index in [2.05, 4.69) is 101 Å². The number of aryl methyl sites for hydroxylation is 2. The average molecular weight is 913 g/mol. The molecule has 4 amide bonds. The predicted molar refractivity (Wildman–Crippen MR) is 259 cm³/mol. The fourth-order valence-electron chi connectivity index (χ4n) is 10.1. The lowest BCUT2D eigenvalue weighted by atomic mass is 9.84. The van der Waals surface area contributed by atoms with Gasteiger partial charge >= 0.3 is 12.2 Å². The van der Waals surface area contributed by atoms with Crippen LogP contribution in [0, 0.1) is 5.92 Å². The topological polar surface area (TPSA) is 227 Å². The number of imidazole rings is 2. The number of amides is 4. The van der Waals surface area contributed by atoms with E-state index in [1.54, 1.807) is 9.80 Å². The minimum absolute atomic E-state index is 0.187. The molecule has 0 spiro atoms. The summed E-state index contributed by atoms with van der Waals surface area (Å²) in [5, 5.41) is 5.32. The second kappa shape index (κ2) is 21.0. The number of H-pyrrole nitrogens is 2. The van der Waals surface area contributed by atoms with E-state index in [1.807, 2.05) is 0 Å². The van der Waals surface area contributed by atoms with Gasteiger partial charge in [-0.1, -0.05) is 55.0 Å². The summed E-state index contributed by atoms with van der Waals surface area (Å²) in [7, 11) is 2.56. The number of ether oxygens (including phenoxy) is 2. The number of nitrogens with one attached hydrogen (secondary N) is 4. The second-order valence-electron chi connectivity index (χ2n) is 18.0. The van der Waals surface area contributed by atoms with Crippen LogP contribution in [0.4, 0.5) is 9.59 Å². The zero-order valence-electron chi connectivity index (χ0n) is 39.0. The van der Waals surface area contributed by atoms with E-state index in [9.17, 15) is 19.2 Å². The van der Waals surface area contributed by atoms with Crippen LogP contribution in [0.15, 0.2) is 72.3 Å². The third-order valence-corrected chi connectivity index (χ3v) is 13.8. The van der Waals surface area contributed by atoms with Crippen molar-refractivity contribution >= 4 is 51.6 Å². The van der Waals surface area contributed by atoms with Crippen LogP contribution in [0.3, 0.4) is 0 Å². The quantitative estimate of drug-likeness (QED) is 0.0743. The molecule has 4 aliphatic rings. The van der Waals surface area contributed by atoms with E-state index in [0.29, 0.717) is 25.9 Å². The molecule has 2 saturated heterocycles. The average Bonchev–Trinajstić information content (AvgIpc) is 4.18. The van der Waals surface area contributed by atoms with E-state index in [1.165, 1.54) is 42.1 Å². The van der Waals surface area contributed by atoms with Gasteiger partial charge in [0.2, 0.25) is 11.8 Å². The number of hydrogen-bond acceptors (Lipinski definition) is 10. The van der Waals surface area contributed by atoms with E-state index in [0.717, 1.165) is 96.2 Å². The summed E-state index contributed by atoms with van der Waals surface area (Å²) in [6.07, 6.45) is 10.6. The molecule has 8 N–H and O–H groups in total. The first-order valence-electron chi connectivity index (χ1n) is 23.7. The van der Waals surface area contributed by atoms with Gasteiger partial charge in [-0.05, 0) is 148 Å². The Morgan fingerprint density at radius 2 is 1.30 bits per heavy atom. The summed E-state index contributed by atoms with van der Waals surface area (Å²) in [4.78, 5) is 72.2. The molecule has 2 fully saturated rings. The Hall–Kier alpha value is -6.52. The Balaban J connectivity index is 1.01. The van der Waals surface area contributed by atoms with Crippen molar-refractivity contribution in [2.24, 2.45) is 17.4 Å². The van der Waals surface area contributed by atoms with Crippen molar-refractivity contribution in [1.82, 2.24) is 40.4 Å². The number of likely N-dealkylation sites (tertiary alicyclic amines) is 2. The Kier molecular flexibility index (Phi) is 14.7. The fraction of sp³-hybridized carbons (Fsp3) is 0.451. The van der Waals surface area contributed by atoms with Crippen molar-refractivity contribution in [2.75, 3.05) is 40.4 Å². The van der Waals surface area contributed by atoms with Gasteiger partial charge in [-0.25, -0.2) is 19.6 Å². The fourth-order valence-corrected chi connectivity index (χ4v) is 10.1. The molecule has 354 valence electrons. The number of methoxy groups -OCH3 is 2. The van der Waals surface area contributed by atoms with Crippen LogP contribution < -0.4 is 22.1 Å². The molecule has 16 nitrogen and oxygen atoms in total. The highest BCUT2D eigenvalue weighted by Crippen LogP contribution is 2.38. The first-order chi connectivity index (χ1) is 32.5. The summed E-state index contributed by atoms with van der Waals surface area (Å²) in [6.45, 7) is 6.05. The van der Waals surface area contributed by atoms with Crippen LogP contribution in [-0.2, 0) is 31.9 Å². The molecule has 2 aromatic heterocycles. The van der Waals surface area contributed by atoms with Crippen LogP contribution in [0.2, 0.25) is 0 Å². The third-order valence-electron chi connectivity index (χ3n) is 13.8. The number of rotatable bonds is 12. The summed E-state index contributed by atoms with van der Waals surface area (Å²) < 4.78 is 9.56. The largest absolute Gasteiger partial charge is 0.453 e. The Morgan fingerprint density at radius 1 is 0.746 bits per heavy atom. The van der Waals surface area contributed by atoms with Gasteiger partial charge in [0.15, 0.2) is 0 Å². The minimum atomic E-state index is -0.774. The van der Waals surface area contributed by atoms with Crippen LogP contribution in [0.1, 0.15) is 106 Å². The zero-order chi connectivity index (χ0) is 47.2. The molecule has 0 saturated carbocycles. The third kappa shape index (κ3) is 10.2. The highest BCUT2D eigenvalue weighted by Gasteiger charge is 2.38. The molecule has 2 aliphatic heterocycles. The zero-order valence-corrected chi connectivity index (χ0v) is 39.0. The lowest BCUT2D eigenvalue weighted by Gasteiger charge is -2.28. The van der Waals surface area contributed by atoms with Crippen molar-refractivity contribution < 1.29 is 28.7 Å². The smallest absolute Gasteiger partial charge is 0.407 e. The van der Waals surface area contributed by atoms with E-state index < -0.39 is 24.3 Å². The van der Waals surface area contributed by atoms with Gasteiger partial charge in [-0.2, -0.15) is 0 Å². The molecule has 2 aliphatic carbocycles. The molecular weight excluding hydrogens is 849 g/mol. The van der Waals surface area contributed by atoms with E-state index >= 15 is 0 Å². The van der Waals surface area contributed by atoms with Crippen molar-refractivity contribution in [1.29, 1.82) is 0 Å². The molecule has 4 heterocycles. The number of nitrogens with zero attached hydrogens (tertiary/aromatic N) is 4. The normalized spacial score (nSPS) is 21.1. The van der Waals surface area contributed by atoms with Crippen molar-refractivity contribution in [3.63, 3.8) is 0 Å². The standard InChI is InChI=1S/C51H64N10O6/c1-5-31-12-14-33-15-13-32(27-37(33)35-17-19-39-43(29-35)57-47(55-39)45-9-7-25-61(45)49(63)41(21-23-53)59-51(65)67-4)11-10-30(2)36(26-31)34-16-18-38-42(28-34)56-46(54-38)44-8-6-24-60(44)48(62)40(20-22-52)58-50(64)66-3/h5,13,15-19,26-30,40-41,44-45H,6-12,14,20-25,52-53H2,1-4H3,(H,54,56)(H,55,57)(H,58,64)(H,59,65)/b31-5-,36-26+/t30-,40+,41+,44+,45+/m1/s1. The van der Waals surface area contributed by atoms with Gasteiger partial charge < -0.3 is 51.3 Å². The molecular formula is C51H64N10O6. The molecule has 2 bridgehead atoms. The monoisotopic (exact) mass is 913 g/mol. The highest BCUT2D eigenvalue weighted by molar-refractivity contribution is 5.88. The lowest BCUT2D eigenvalue weighted by Crippen LogP contribution is -2.49. The van der Waals surface area contributed by atoms with Crippen LogP contribution >= 0.6 is 0 Å². The van der Waals surface area contributed by atoms with Gasteiger partial charge in [0.25, 0.3) is 0 Å². The summed E-state index contributed by atoms with van der Waals surface area (Å²) in [6, 6.07) is 17.7. The van der Waals surface area contributed by atoms with Crippen molar-refractivity contribution in [2.45, 2.75) is 102 Å². The molecule has 67 heavy (non-hydrogen) atoms. The number of hydrogen-bond donors (Lipinski definition) is 6. The molecule has 5 atom stereocenters. The summed E-state index contributed by atoms with van der Waals surface area (Å²) in [5.74, 6) is 1.33. The molecule has 0 radical (unpaired) electrons. The van der Waals surface area contributed by atoms with Gasteiger partial charge in [0, 0.05) is 13.1 Å². The summed E-state index contributed by atoms with van der Waals surface area (Å²) >= 11 is 0. The SMILES string of the molecule is C/C=C1\C=C(\c2ccc3nc([C@@H]4CCCN4C(=O)[C@H](CCN)NC(=O)OC)[nH]c3c2)[C@H](C)CCc2ccc(c(-c3ccc4nc([C@@H]5CCCN5C(=O)[C@H](CCN)NC(=O)OC)[nH]c4c3)c2)CC1. The highest BCUT2D eigenvalue weighted by atomic mass is 16.5. The van der Waals surface area contributed by atoms with Crippen LogP contribution in [0.5, 0.6) is 0 Å².